The van der Waals surface area contributed by atoms with Gasteiger partial charge in [-0.25, -0.2) is 0 Å². The summed E-state index contributed by atoms with van der Waals surface area (Å²) in [5.41, 5.74) is -4.95. The molecule has 1 aliphatic heterocycles. The molecular formula is C21H14ClF6N3O2. The first-order valence-corrected chi connectivity index (χ1v) is 9.62. The highest BCUT2D eigenvalue weighted by atomic mass is 35.5. The summed E-state index contributed by atoms with van der Waals surface area (Å²) < 4.78 is 81.7. The van der Waals surface area contributed by atoms with Crippen molar-refractivity contribution in [2.75, 3.05) is 0 Å². The lowest BCUT2D eigenvalue weighted by Crippen LogP contribution is -2.42. The molecule has 1 N–H and O–H groups in total. The number of benzene rings is 2. The zero-order valence-corrected chi connectivity index (χ0v) is 17.4. The Hall–Kier alpha value is -3.26. The second kappa shape index (κ2) is 8.59. The van der Waals surface area contributed by atoms with Crippen molar-refractivity contribution in [3.63, 3.8) is 0 Å². The molecule has 0 radical (unpaired) electrons. The molecule has 0 saturated heterocycles. The van der Waals surface area contributed by atoms with E-state index in [-0.39, 0.29) is 11.3 Å². The number of amides is 1. The molecule has 3 rings (SSSR count). The quantitative estimate of drug-likeness (QED) is 0.565. The molecule has 12 heteroatoms. The van der Waals surface area contributed by atoms with Crippen molar-refractivity contribution < 1.29 is 36.0 Å². The van der Waals surface area contributed by atoms with E-state index in [9.17, 15) is 36.4 Å². The fourth-order valence-corrected chi connectivity index (χ4v) is 3.54. The third-order valence-corrected chi connectivity index (χ3v) is 5.15. The minimum atomic E-state index is -5.12. The fourth-order valence-electron chi connectivity index (χ4n) is 3.31. The van der Waals surface area contributed by atoms with Crippen molar-refractivity contribution in [3.8, 4) is 6.07 Å². The smallest absolute Gasteiger partial charge is 0.374 e. The molecule has 0 bridgehead atoms. The zero-order chi connectivity index (χ0) is 24.6. The number of carbonyl (C=O) groups is 1. The number of rotatable bonds is 4. The van der Waals surface area contributed by atoms with Crippen LogP contribution in [0.25, 0.3) is 0 Å². The van der Waals surface area contributed by atoms with Gasteiger partial charge in [0, 0.05) is 23.9 Å². The summed E-state index contributed by atoms with van der Waals surface area (Å²) in [4.78, 5) is 15.9. The molecule has 0 aromatic heterocycles. The summed E-state index contributed by atoms with van der Waals surface area (Å²) in [5, 5.41) is 14.5. The SMILES string of the molecule is CC(=O)NC(C#N)c1ccc(C2=NOC(c3cc(Cl)cc(C(F)(F)F)c3)(C(F)(F)F)C2)cc1. The highest BCUT2D eigenvalue weighted by molar-refractivity contribution is 6.30. The molecule has 33 heavy (non-hydrogen) atoms. The summed E-state index contributed by atoms with van der Waals surface area (Å²) in [6.07, 6.45) is -10.9. The van der Waals surface area contributed by atoms with Crippen molar-refractivity contribution >= 4 is 23.2 Å². The van der Waals surface area contributed by atoms with Crippen molar-refractivity contribution in [1.82, 2.24) is 5.32 Å². The molecule has 0 fully saturated rings. The Labute approximate surface area is 188 Å². The number of nitrogens with one attached hydrogen (secondary N) is 1. The van der Waals surface area contributed by atoms with Gasteiger partial charge < -0.3 is 10.2 Å². The normalized spacial score (nSPS) is 19.3. The average Bonchev–Trinajstić information content (AvgIpc) is 3.18. The molecule has 2 aromatic carbocycles. The van der Waals surface area contributed by atoms with Gasteiger partial charge in [-0.05, 0) is 29.3 Å². The van der Waals surface area contributed by atoms with Gasteiger partial charge in [-0.2, -0.15) is 31.6 Å². The van der Waals surface area contributed by atoms with E-state index in [1.165, 1.54) is 31.2 Å². The maximum Gasteiger partial charge on any atom is 0.435 e. The molecule has 0 saturated carbocycles. The van der Waals surface area contributed by atoms with Crippen molar-refractivity contribution in [1.29, 1.82) is 5.26 Å². The van der Waals surface area contributed by atoms with Crippen molar-refractivity contribution in [2.45, 2.75) is 37.3 Å². The molecule has 0 spiro atoms. The highest BCUT2D eigenvalue weighted by Crippen LogP contribution is 2.50. The Kier molecular flexibility index (Phi) is 6.35. The van der Waals surface area contributed by atoms with Crippen LogP contribution in [0.4, 0.5) is 26.3 Å². The van der Waals surface area contributed by atoms with Gasteiger partial charge in [0.1, 0.15) is 6.04 Å². The third-order valence-electron chi connectivity index (χ3n) is 4.93. The van der Waals surface area contributed by atoms with E-state index in [4.69, 9.17) is 16.4 Å². The first-order valence-electron chi connectivity index (χ1n) is 9.24. The van der Waals surface area contributed by atoms with Crippen LogP contribution in [-0.2, 0) is 21.4 Å². The lowest BCUT2D eigenvalue weighted by atomic mass is 9.85. The summed E-state index contributed by atoms with van der Waals surface area (Å²) in [7, 11) is 0. The maximum atomic E-state index is 14.1. The third kappa shape index (κ3) is 4.90. The van der Waals surface area contributed by atoms with Crippen LogP contribution in [-0.4, -0.2) is 17.8 Å². The molecule has 2 atom stereocenters. The maximum absolute atomic E-state index is 14.1. The van der Waals surface area contributed by atoms with Gasteiger partial charge in [0.25, 0.3) is 5.60 Å². The monoisotopic (exact) mass is 489 g/mol. The van der Waals surface area contributed by atoms with Crippen LogP contribution in [0.5, 0.6) is 0 Å². The summed E-state index contributed by atoms with van der Waals surface area (Å²) in [6, 6.07) is 8.09. The van der Waals surface area contributed by atoms with Crippen LogP contribution in [0.2, 0.25) is 5.02 Å². The molecule has 1 aliphatic rings. The van der Waals surface area contributed by atoms with Crippen LogP contribution in [0.1, 0.15) is 41.6 Å². The molecule has 0 aliphatic carbocycles. The van der Waals surface area contributed by atoms with Gasteiger partial charge >= 0.3 is 12.4 Å². The van der Waals surface area contributed by atoms with Crippen LogP contribution < -0.4 is 5.32 Å². The Bertz CT molecular complexity index is 1140. The second-order valence-corrected chi connectivity index (χ2v) is 7.68. The number of hydrogen-bond acceptors (Lipinski definition) is 4. The van der Waals surface area contributed by atoms with Crippen molar-refractivity contribution in [2.24, 2.45) is 5.16 Å². The lowest BCUT2D eigenvalue weighted by Gasteiger charge is -2.30. The number of alkyl halides is 6. The summed E-state index contributed by atoms with van der Waals surface area (Å²) in [5.74, 6) is -0.450. The second-order valence-electron chi connectivity index (χ2n) is 7.24. The molecule has 5 nitrogen and oxygen atoms in total. The fraction of sp³-hybridized carbons (Fsp3) is 0.286. The van der Waals surface area contributed by atoms with Gasteiger partial charge in [-0.3, -0.25) is 4.79 Å². The first-order chi connectivity index (χ1) is 15.3. The summed E-state index contributed by atoms with van der Waals surface area (Å²) in [6.45, 7) is 1.22. The molecule has 1 amide bonds. The van der Waals surface area contributed by atoms with Gasteiger partial charge in [-0.15, -0.1) is 0 Å². The van der Waals surface area contributed by atoms with Gasteiger partial charge in [0.2, 0.25) is 5.91 Å². The van der Waals surface area contributed by atoms with E-state index >= 15 is 0 Å². The van der Waals surface area contributed by atoms with Gasteiger partial charge in [-0.1, -0.05) is 41.0 Å². The minimum Gasteiger partial charge on any atom is -0.374 e. The van der Waals surface area contributed by atoms with Crippen molar-refractivity contribution in [3.05, 3.63) is 69.7 Å². The number of oxime groups is 1. The number of nitriles is 1. The van der Waals surface area contributed by atoms with Gasteiger partial charge in [0.05, 0.1) is 17.3 Å². The average molecular weight is 490 g/mol. The topological polar surface area (TPSA) is 74.5 Å². The predicted molar refractivity (Wildman–Crippen MR) is 105 cm³/mol. The molecule has 2 aromatic rings. The van der Waals surface area contributed by atoms with Crippen LogP contribution in [0.3, 0.4) is 0 Å². The van der Waals surface area contributed by atoms with E-state index in [2.05, 4.69) is 10.5 Å². The Balaban J connectivity index is 1.96. The van der Waals surface area contributed by atoms with Crippen LogP contribution >= 0.6 is 11.6 Å². The highest BCUT2D eigenvalue weighted by Gasteiger charge is 2.62. The van der Waals surface area contributed by atoms with E-state index in [0.717, 1.165) is 6.07 Å². The molecule has 2 unspecified atom stereocenters. The van der Waals surface area contributed by atoms with E-state index in [1.54, 1.807) is 0 Å². The van der Waals surface area contributed by atoms with E-state index in [0.29, 0.717) is 17.7 Å². The van der Waals surface area contributed by atoms with Gasteiger partial charge in [0.15, 0.2) is 0 Å². The number of carbonyl (C=O) groups excluding carboxylic acids is 1. The number of halogens is 7. The standard InChI is InChI=1S/C21H14ClF6N3O2/c1-11(32)30-18(10-29)13-4-2-12(3-5-13)17-9-19(33-31-17,21(26,27)28)14-6-15(20(23,24)25)8-16(22)7-14/h2-8,18H,9H2,1H3,(H,30,32). The zero-order valence-electron chi connectivity index (χ0n) is 16.7. The predicted octanol–water partition coefficient (Wildman–Crippen LogP) is 5.64. The number of hydrogen-bond donors (Lipinski definition) is 1. The lowest BCUT2D eigenvalue weighted by molar-refractivity contribution is -0.276. The van der Waals surface area contributed by atoms with Crippen LogP contribution in [0.15, 0.2) is 47.6 Å². The Morgan fingerprint density at radius 3 is 2.33 bits per heavy atom. The van der Waals surface area contributed by atoms with E-state index < -0.39 is 52.5 Å². The first kappa shape index (κ1) is 24.4. The van der Waals surface area contributed by atoms with Crippen LogP contribution in [0, 0.1) is 11.3 Å². The number of nitrogens with zero attached hydrogens (tertiary/aromatic N) is 2. The van der Waals surface area contributed by atoms with E-state index in [1.807, 2.05) is 6.07 Å². The molecule has 174 valence electrons. The molecular weight excluding hydrogens is 476 g/mol. The Morgan fingerprint density at radius 2 is 1.82 bits per heavy atom. The molecule has 1 heterocycles. The minimum absolute atomic E-state index is 0.166. The largest absolute Gasteiger partial charge is 0.435 e. The Morgan fingerprint density at radius 1 is 1.18 bits per heavy atom. The summed E-state index contributed by atoms with van der Waals surface area (Å²) >= 11 is 5.68.